The van der Waals surface area contributed by atoms with E-state index in [-0.39, 0.29) is 35.0 Å². The van der Waals surface area contributed by atoms with Gasteiger partial charge in [0, 0.05) is 59.4 Å². The summed E-state index contributed by atoms with van der Waals surface area (Å²) in [6.45, 7) is 3.86. The van der Waals surface area contributed by atoms with E-state index in [1.54, 1.807) is 112 Å². The third-order valence-electron chi connectivity index (χ3n) is 10.8. The molecule has 1 aliphatic heterocycles. The van der Waals surface area contributed by atoms with Gasteiger partial charge >= 0.3 is 12.4 Å². The number of nitrogens with one attached hydrogen (secondary N) is 2. The SMILES string of the molecule is CC1(C)OCC(COc2cccc(NC(=O)c3cccn4cc(-c5cccc(C(F)(F)F)c5)nc34)c2)O1.O=C(Nc1cccc(OCC(O)CO)c1)c1cccn2cc(-c3cccc(C(F)(F)F)c3)nc12. The van der Waals surface area contributed by atoms with Gasteiger partial charge in [0.2, 0.25) is 0 Å². The van der Waals surface area contributed by atoms with Crippen LogP contribution in [0.2, 0.25) is 0 Å². The molecule has 4 N–H and O–H groups in total. The van der Waals surface area contributed by atoms with Crippen LogP contribution >= 0.6 is 0 Å². The number of alkyl halides is 6. The minimum Gasteiger partial charge on any atom is -0.491 e. The summed E-state index contributed by atoms with van der Waals surface area (Å²) in [6.07, 6.45) is -3.69. The number of aliphatic hydroxyl groups excluding tert-OH is 2. The fourth-order valence-electron chi connectivity index (χ4n) is 7.37. The molecule has 0 bridgehead atoms. The molecule has 0 saturated carbocycles. The van der Waals surface area contributed by atoms with Gasteiger partial charge in [-0.2, -0.15) is 26.3 Å². The topological polar surface area (TPSA) is 170 Å². The molecule has 2 atom stereocenters. The molecule has 8 aromatic rings. The van der Waals surface area contributed by atoms with Crippen LogP contribution < -0.4 is 20.1 Å². The maximum Gasteiger partial charge on any atom is 0.416 e. The number of anilines is 2. The lowest BCUT2D eigenvalue weighted by Gasteiger charge is -2.17. The number of amides is 2. The second-order valence-electron chi connectivity index (χ2n) is 16.6. The van der Waals surface area contributed by atoms with Gasteiger partial charge in [-0.25, -0.2) is 9.97 Å². The molecule has 0 spiro atoms. The highest BCUT2D eigenvalue weighted by Crippen LogP contribution is 2.34. The molecule has 9 rings (SSSR count). The number of halogens is 6. The van der Waals surface area contributed by atoms with Gasteiger partial charge in [0.05, 0.1) is 46.9 Å². The number of carbonyl (C=O) groups is 2. The normalized spacial score (nSPS) is 14.9. The molecule has 0 radical (unpaired) electrons. The molecule has 1 fully saturated rings. The minimum atomic E-state index is -4.48. The van der Waals surface area contributed by atoms with E-state index in [0.29, 0.717) is 58.7 Å². The number of carbonyl (C=O) groups excluding carboxylic acids is 2. The third kappa shape index (κ3) is 12.3. The monoisotopic (exact) mass is 982 g/mol. The average Bonchev–Trinajstić information content (AvgIpc) is 4.09. The Labute approximate surface area is 401 Å². The fraction of sp³-hybridized carbons (Fsp3) is 0.216. The molecule has 20 heteroatoms. The van der Waals surface area contributed by atoms with Crippen molar-refractivity contribution in [3.05, 3.63) is 168 Å². The van der Waals surface area contributed by atoms with Crippen molar-refractivity contribution in [3.63, 3.8) is 0 Å². The summed E-state index contributed by atoms with van der Waals surface area (Å²) >= 11 is 0. The zero-order chi connectivity index (χ0) is 50.5. The van der Waals surface area contributed by atoms with Gasteiger partial charge in [-0.15, -0.1) is 0 Å². The average molecular weight is 983 g/mol. The lowest BCUT2D eigenvalue weighted by Crippen LogP contribution is -2.25. The van der Waals surface area contributed by atoms with E-state index < -0.39 is 53.8 Å². The molecule has 2 amide bonds. The number of imidazole rings is 2. The molecule has 368 valence electrons. The smallest absolute Gasteiger partial charge is 0.416 e. The molecule has 14 nitrogen and oxygen atoms in total. The van der Waals surface area contributed by atoms with Gasteiger partial charge in [-0.3, -0.25) is 9.59 Å². The Kier molecular flexibility index (Phi) is 14.4. The lowest BCUT2D eigenvalue weighted by atomic mass is 10.1. The van der Waals surface area contributed by atoms with Gasteiger partial charge in [-0.05, 0) is 86.6 Å². The first-order valence-electron chi connectivity index (χ1n) is 21.8. The Morgan fingerprint density at radius 1 is 0.704 bits per heavy atom. The Morgan fingerprint density at radius 3 is 1.63 bits per heavy atom. The summed E-state index contributed by atoms with van der Waals surface area (Å²) < 4.78 is 104. The van der Waals surface area contributed by atoms with Crippen molar-refractivity contribution in [2.45, 2.75) is 44.2 Å². The number of hydrogen-bond donors (Lipinski definition) is 4. The van der Waals surface area contributed by atoms with Crippen LogP contribution in [0.4, 0.5) is 37.7 Å². The molecule has 0 aliphatic carbocycles. The second-order valence-corrected chi connectivity index (χ2v) is 16.6. The molecule has 1 aliphatic rings. The highest BCUT2D eigenvalue weighted by atomic mass is 19.4. The molecule has 71 heavy (non-hydrogen) atoms. The largest absolute Gasteiger partial charge is 0.491 e. The zero-order valence-electron chi connectivity index (χ0n) is 37.7. The van der Waals surface area contributed by atoms with Crippen LogP contribution in [-0.4, -0.2) is 85.2 Å². The van der Waals surface area contributed by atoms with E-state index in [2.05, 4.69) is 20.6 Å². The first kappa shape index (κ1) is 49.6. The van der Waals surface area contributed by atoms with Crippen LogP contribution in [0.5, 0.6) is 11.5 Å². The minimum absolute atomic E-state index is 0.112. The van der Waals surface area contributed by atoms with E-state index in [4.69, 9.17) is 24.1 Å². The third-order valence-corrected chi connectivity index (χ3v) is 10.8. The van der Waals surface area contributed by atoms with Crippen LogP contribution in [0.25, 0.3) is 33.8 Å². The second kappa shape index (κ2) is 20.7. The summed E-state index contributed by atoms with van der Waals surface area (Å²) in [6, 6.07) is 29.7. The van der Waals surface area contributed by atoms with Crippen molar-refractivity contribution in [3.8, 4) is 34.0 Å². The Morgan fingerprint density at radius 2 is 1.18 bits per heavy atom. The first-order chi connectivity index (χ1) is 33.8. The van der Waals surface area contributed by atoms with Crippen molar-refractivity contribution in [1.82, 2.24) is 18.8 Å². The summed E-state index contributed by atoms with van der Waals surface area (Å²) in [5.41, 5.74) is 1.68. The Hall–Kier alpha value is -7.78. The van der Waals surface area contributed by atoms with Crippen LogP contribution in [0.1, 0.15) is 45.7 Å². The Balaban J connectivity index is 0.000000191. The number of nitrogens with zero attached hydrogens (tertiary/aromatic N) is 4. The summed E-state index contributed by atoms with van der Waals surface area (Å²) in [5.74, 6) is -0.593. The fourth-order valence-corrected chi connectivity index (χ4v) is 7.37. The number of aromatic nitrogens is 4. The molecule has 4 aromatic heterocycles. The highest BCUT2D eigenvalue weighted by Gasteiger charge is 2.34. The van der Waals surface area contributed by atoms with Gasteiger partial charge in [0.25, 0.3) is 11.8 Å². The van der Waals surface area contributed by atoms with Crippen LogP contribution in [-0.2, 0) is 21.8 Å². The predicted molar refractivity (Wildman–Crippen MR) is 249 cm³/mol. The number of fused-ring (bicyclic) bond motifs is 2. The number of benzene rings is 4. The predicted octanol–water partition coefficient (Wildman–Crippen LogP) is 9.81. The van der Waals surface area contributed by atoms with Crippen molar-refractivity contribution >= 4 is 34.5 Å². The maximum absolute atomic E-state index is 13.2. The van der Waals surface area contributed by atoms with E-state index in [0.717, 1.165) is 24.3 Å². The lowest BCUT2D eigenvalue weighted by molar-refractivity contribution is -0.141. The van der Waals surface area contributed by atoms with E-state index in [1.807, 2.05) is 13.8 Å². The quantitative estimate of drug-likeness (QED) is 0.0816. The van der Waals surface area contributed by atoms with E-state index in [1.165, 1.54) is 18.2 Å². The Bertz CT molecular complexity index is 3190. The maximum atomic E-state index is 13.2. The summed E-state index contributed by atoms with van der Waals surface area (Å²) in [5, 5.41) is 23.9. The summed E-state index contributed by atoms with van der Waals surface area (Å²) in [7, 11) is 0. The van der Waals surface area contributed by atoms with E-state index in [9.17, 15) is 41.0 Å². The van der Waals surface area contributed by atoms with Crippen molar-refractivity contribution < 1.29 is 65.1 Å². The van der Waals surface area contributed by atoms with Crippen LogP contribution in [0, 0.1) is 0 Å². The standard InChI is InChI=1S/C27H24F3N3O4.C24H20F3N3O4/c1-26(2)36-16-21(37-26)15-35-20-9-4-8-19(13-20)31-25(34)22-10-5-11-33-14-23(32-24(22)33)17-6-3-7-18(12-17)27(28,29)30;25-24(26,27)16-5-1-4-15(10-16)21-12-30-9-3-8-20(22(30)29-21)23(33)28-17-6-2-7-19(11-17)34-14-18(32)13-31/h3-14,21H,15-16H2,1-2H3,(H,31,34);1-12,18,31-32H,13-14H2,(H,28,33). The van der Waals surface area contributed by atoms with Crippen LogP contribution in [0.15, 0.2) is 146 Å². The van der Waals surface area contributed by atoms with Gasteiger partial charge < -0.3 is 48.6 Å². The molecular formula is C51H44F6N6O8. The molecule has 2 unspecified atom stereocenters. The highest BCUT2D eigenvalue weighted by molar-refractivity contribution is 6.09. The van der Waals surface area contributed by atoms with Gasteiger partial charge in [0.15, 0.2) is 5.79 Å². The molecule has 4 aromatic carbocycles. The number of aliphatic hydroxyl groups is 2. The zero-order valence-corrected chi connectivity index (χ0v) is 37.7. The van der Waals surface area contributed by atoms with Crippen LogP contribution in [0.3, 0.4) is 0 Å². The van der Waals surface area contributed by atoms with Crippen molar-refractivity contribution in [2.75, 3.05) is 37.1 Å². The molecular weight excluding hydrogens is 939 g/mol. The van der Waals surface area contributed by atoms with Crippen molar-refractivity contribution in [1.29, 1.82) is 0 Å². The van der Waals surface area contributed by atoms with Gasteiger partial charge in [-0.1, -0.05) is 36.4 Å². The van der Waals surface area contributed by atoms with Gasteiger partial charge in [0.1, 0.15) is 48.2 Å². The van der Waals surface area contributed by atoms with Crippen molar-refractivity contribution in [2.24, 2.45) is 0 Å². The van der Waals surface area contributed by atoms with E-state index >= 15 is 0 Å². The number of ether oxygens (including phenoxy) is 4. The first-order valence-corrected chi connectivity index (χ1v) is 21.8. The summed E-state index contributed by atoms with van der Waals surface area (Å²) in [4.78, 5) is 34.9. The number of pyridine rings is 2. The number of hydrogen-bond acceptors (Lipinski definition) is 10. The molecule has 1 saturated heterocycles. The number of rotatable bonds is 13. The molecule has 5 heterocycles.